The maximum atomic E-state index is 13.4. The zero-order valence-corrected chi connectivity index (χ0v) is 17.7. The lowest BCUT2D eigenvalue weighted by molar-refractivity contribution is 0.0327. The van der Waals surface area contributed by atoms with Crippen LogP contribution in [-0.2, 0) is 5.54 Å². The summed E-state index contributed by atoms with van der Waals surface area (Å²) >= 11 is 0. The van der Waals surface area contributed by atoms with E-state index in [1.807, 2.05) is 66.5 Å². The number of nitrogens with zero attached hydrogens (tertiary/aromatic N) is 5. The maximum absolute atomic E-state index is 13.4. The van der Waals surface area contributed by atoms with E-state index in [4.69, 9.17) is 4.74 Å². The monoisotopic (exact) mass is 405 g/mol. The number of amides is 1. The summed E-state index contributed by atoms with van der Waals surface area (Å²) in [4.78, 5) is 15.2. The van der Waals surface area contributed by atoms with E-state index >= 15 is 0 Å². The molecule has 3 aromatic rings. The van der Waals surface area contributed by atoms with E-state index in [0.29, 0.717) is 17.3 Å². The van der Waals surface area contributed by atoms with Gasteiger partial charge in [-0.25, -0.2) is 0 Å². The van der Waals surface area contributed by atoms with Crippen molar-refractivity contribution >= 4 is 5.91 Å². The molecular weight excluding hydrogens is 378 g/mol. The molecule has 0 aliphatic heterocycles. The van der Waals surface area contributed by atoms with Crippen molar-refractivity contribution in [3.63, 3.8) is 0 Å². The minimum Gasteiger partial charge on any atom is -0.497 e. The Hall–Kier alpha value is -3.22. The topological polar surface area (TPSA) is 73.1 Å². The van der Waals surface area contributed by atoms with E-state index in [1.54, 1.807) is 11.8 Å². The van der Waals surface area contributed by atoms with Gasteiger partial charge in [0.2, 0.25) is 0 Å². The van der Waals surface area contributed by atoms with Gasteiger partial charge < -0.3 is 9.64 Å². The summed E-state index contributed by atoms with van der Waals surface area (Å²) in [7, 11) is 3.51. The van der Waals surface area contributed by atoms with Crippen molar-refractivity contribution in [1.82, 2.24) is 25.1 Å². The molecule has 1 aromatic heterocycles. The first kappa shape index (κ1) is 20.1. The van der Waals surface area contributed by atoms with Gasteiger partial charge in [0.1, 0.15) is 11.3 Å². The second-order valence-corrected chi connectivity index (χ2v) is 8.06. The highest BCUT2D eigenvalue weighted by Gasteiger charge is 2.46. The van der Waals surface area contributed by atoms with Gasteiger partial charge in [-0.3, -0.25) is 4.79 Å². The first-order chi connectivity index (χ1) is 14.5. The Morgan fingerprint density at radius 2 is 1.87 bits per heavy atom. The lowest BCUT2D eigenvalue weighted by atomic mass is 9.75. The lowest BCUT2D eigenvalue weighted by Gasteiger charge is -2.44. The Bertz CT molecular complexity index is 1010. The van der Waals surface area contributed by atoms with Gasteiger partial charge >= 0.3 is 0 Å². The van der Waals surface area contributed by atoms with Crippen LogP contribution in [-0.4, -0.2) is 45.2 Å². The van der Waals surface area contributed by atoms with Gasteiger partial charge in [-0.2, -0.15) is 4.68 Å². The minimum atomic E-state index is -0.577. The summed E-state index contributed by atoms with van der Waals surface area (Å²) in [5.41, 5.74) is 0.901. The molecule has 156 valence electrons. The summed E-state index contributed by atoms with van der Waals surface area (Å²) in [6.07, 6.45) is 3.65. The fourth-order valence-electron chi connectivity index (χ4n) is 4.31. The summed E-state index contributed by atoms with van der Waals surface area (Å²) < 4.78 is 7.12. The molecule has 1 aliphatic rings. The second-order valence-electron chi connectivity index (χ2n) is 8.06. The van der Waals surface area contributed by atoms with E-state index in [2.05, 4.69) is 22.4 Å². The third kappa shape index (κ3) is 3.56. The van der Waals surface area contributed by atoms with E-state index < -0.39 is 5.54 Å². The fourth-order valence-corrected chi connectivity index (χ4v) is 4.31. The molecule has 1 aliphatic carbocycles. The van der Waals surface area contributed by atoms with Crippen molar-refractivity contribution in [2.75, 3.05) is 14.2 Å². The van der Waals surface area contributed by atoms with Crippen LogP contribution in [0, 0.1) is 5.92 Å². The summed E-state index contributed by atoms with van der Waals surface area (Å²) in [6, 6.07) is 17.0. The maximum Gasteiger partial charge on any atom is 0.254 e. The van der Waals surface area contributed by atoms with Crippen LogP contribution in [0.3, 0.4) is 0 Å². The number of aromatic nitrogens is 4. The van der Waals surface area contributed by atoms with Crippen LogP contribution in [0.4, 0.5) is 0 Å². The van der Waals surface area contributed by atoms with Gasteiger partial charge in [-0.05, 0) is 66.3 Å². The van der Waals surface area contributed by atoms with Gasteiger partial charge in [-0.15, -0.1) is 5.10 Å². The predicted molar refractivity (Wildman–Crippen MR) is 114 cm³/mol. The molecule has 0 N–H and O–H groups in total. The molecule has 0 bridgehead atoms. The van der Waals surface area contributed by atoms with Gasteiger partial charge in [-0.1, -0.05) is 31.2 Å². The van der Waals surface area contributed by atoms with Gasteiger partial charge in [0.05, 0.1) is 12.8 Å². The number of carbonyl (C=O) groups excluding carboxylic acids is 1. The van der Waals surface area contributed by atoms with Gasteiger partial charge in [0, 0.05) is 18.7 Å². The third-order valence-corrected chi connectivity index (χ3v) is 6.25. The summed E-state index contributed by atoms with van der Waals surface area (Å²) in [5.74, 6) is 2.01. The Balaban J connectivity index is 1.79. The van der Waals surface area contributed by atoms with Crippen molar-refractivity contribution in [2.45, 2.75) is 38.1 Å². The van der Waals surface area contributed by atoms with Crippen LogP contribution >= 0.6 is 0 Å². The molecule has 0 atom stereocenters. The van der Waals surface area contributed by atoms with Crippen LogP contribution in [0.5, 0.6) is 5.75 Å². The molecule has 1 fully saturated rings. The van der Waals surface area contributed by atoms with Crippen LogP contribution in [0.1, 0.15) is 48.8 Å². The number of ether oxygens (including phenoxy) is 1. The van der Waals surface area contributed by atoms with Crippen molar-refractivity contribution < 1.29 is 9.53 Å². The zero-order chi connectivity index (χ0) is 21.1. The molecule has 2 aromatic carbocycles. The molecule has 0 unspecified atom stereocenters. The number of carbonyl (C=O) groups is 1. The fraction of sp³-hybridized carbons (Fsp3) is 0.391. The predicted octanol–water partition coefficient (Wildman–Crippen LogP) is 3.85. The average Bonchev–Trinajstić information content (AvgIpc) is 3.30. The Morgan fingerprint density at radius 1 is 1.13 bits per heavy atom. The third-order valence-electron chi connectivity index (χ3n) is 6.25. The van der Waals surface area contributed by atoms with Crippen LogP contribution in [0.15, 0.2) is 54.6 Å². The molecule has 1 amide bonds. The summed E-state index contributed by atoms with van der Waals surface area (Å²) in [5, 5.41) is 12.7. The molecular formula is C23H27N5O2. The quantitative estimate of drug-likeness (QED) is 0.645. The molecule has 0 radical (unpaired) electrons. The Labute approximate surface area is 176 Å². The number of hydrogen-bond acceptors (Lipinski definition) is 5. The molecule has 0 saturated heterocycles. The van der Waals surface area contributed by atoms with Crippen LogP contribution in [0.25, 0.3) is 5.69 Å². The molecule has 30 heavy (non-hydrogen) atoms. The highest BCUT2D eigenvalue weighted by atomic mass is 16.5. The lowest BCUT2D eigenvalue weighted by Crippen LogP contribution is -2.50. The standard InChI is InChI=1S/C23H27N5O2/c1-17-12-14-23(15-13-17,27(2)21(29)18-8-5-4-6-9-18)22-24-25-26-28(22)19-10-7-11-20(16-19)30-3/h4-11,16-17H,12-15H2,1-3H3. The Kier molecular flexibility index (Phi) is 5.53. The van der Waals surface area contributed by atoms with Crippen molar-refractivity contribution in [2.24, 2.45) is 5.92 Å². The van der Waals surface area contributed by atoms with Crippen molar-refractivity contribution in [3.8, 4) is 11.4 Å². The van der Waals surface area contributed by atoms with Crippen LogP contribution in [0.2, 0.25) is 0 Å². The number of rotatable bonds is 5. The number of tetrazole rings is 1. The first-order valence-electron chi connectivity index (χ1n) is 10.3. The normalized spacial score (nSPS) is 21.2. The minimum absolute atomic E-state index is 0.0228. The summed E-state index contributed by atoms with van der Waals surface area (Å²) in [6.45, 7) is 2.26. The number of benzene rings is 2. The molecule has 7 nitrogen and oxygen atoms in total. The van der Waals surface area contributed by atoms with Crippen molar-refractivity contribution in [1.29, 1.82) is 0 Å². The van der Waals surface area contributed by atoms with E-state index in [0.717, 1.165) is 37.1 Å². The van der Waals surface area contributed by atoms with Crippen LogP contribution < -0.4 is 4.74 Å². The average molecular weight is 406 g/mol. The number of methoxy groups -OCH3 is 1. The highest BCUT2D eigenvalue weighted by Crippen LogP contribution is 2.43. The largest absolute Gasteiger partial charge is 0.497 e. The van der Waals surface area contributed by atoms with Gasteiger partial charge in [0.25, 0.3) is 5.91 Å². The highest BCUT2D eigenvalue weighted by molar-refractivity contribution is 5.94. The second kappa shape index (κ2) is 8.26. The van der Waals surface area contributed by atoms with Crippen molar-refractivity contribution in [3.05, 3.63) is 66.0 Å². The SMILES string of the molecule is COc1cccc(-n2nnnc2C2(N(C)C(=O)c3ccccc3)CCC(C)CC2)c1. The number of hydrogen-bond donors (Lipinski definition) is 0. The Morgan fingerprint density at radius 3 is 2.57 bits per heavy atom. The smallest absolute Gasteiger partial charge is 0.254 e. The molecule has 7 heteroatoms. The van der Waals surface area contributed by atoms with E-state index in [1.165, 1.54) is 0 Å². The van der Waals surface area contributed by atoms with E-state index in [9.17, 15) is 4.79 Å². The molecule has 1 heterocycles. The molecule has 0 spiro atoms. The van der Waals surface area contributed by atoms with Gasteiger partial charge in [0.15, 0.2) is 5.82 Å². The molecule has 1 saturated carbocycles. The molecule has 4 rings (SSSR count). The first-order valence-corrected chi connectivity index (χ1v) is 10.3. The zero-order valence-electron chi connectivity index (χ0n) is 17.7. The van der Waals surface area contributed by atoms with E-state index in [-0.39, 0.29) is 5.91 Å².